The van der Waals surface area contributed by atoms with Crippen molar-refractivity contribution in [1.82, 2.24) is 4.23 Å². The fourth-order valence-electron chi connectivity index (χ4n) is 2.70. The number of benzene rings is 1. The molecule has 0 spiro atoms. The molecule has 1 heterocycles. The molecule has 1 aromatic carbocycles. The minimum atomic E-state index is -1.86. The van der Waals surface area contributed by atoms with E-state index in [0.29, 0.717) is 10.5 Å². The van der Waals surface area contributed by atoms with Crippen molar-refractivity contribution >= 4 is 43.3 Å². The second kappa shape index (κ2) is 6.92. The lowest BCUT2D eigenvalue weighted by atomic mass is 9.76. The number of fused-ring (bicyclic) bond motifs is 1. The summed E-state index contributed by atoms with van der Waals surface area (Å²) >= 11 is 6.53. The molecule has 7 heteroatoms. The molecule has 0 unspecified atom stereocenters. The molecule has 0 saturated carbocycles. The minimum absolute atomic E-state index is 0.152. The Hall–Kier alpha value is -0.788. The van der Waals surface area contributed by atoms with Gasteiger partial charge in [0.1, 0.15) is 0 Å². The van der Waals surface area contributed by atoms with Crippen molar-refractivity contribution in [3.05, 3.63) is 29.4 Å². The third-order valence-electron chi connectivity index (χ3n) is 6.38. The molecule has 1 aromatic heterocycles. The molecule has 0 aliphatic heterocycles. The SMILES string of the molecule is CC(C)(O)C(C)(C)OB(O)c1cc(Cl)c2ccn([Si](C)(C)C(C)(C)C)c2c1. The summed E-state index contributed by atoms with van der Waals surface area (Å²) in [4.78, 5) is 0. The number of rotatable bonds is 5. The lowest BCUT2D eigenvalue weighted by molar-refractivity contribution is -0.0982. The van der Waals surface area contributed by atoms with Crippen LogP contribution in [-0.2, 0) is 4.65 Å². The predicted molar refractivity (Wildman–Crippen MR) is 119 cm³/mol. The highest BCUT2D eigenvalue weighted by atomic mass is 35.5. The van der Waals surface area contributed by atoms with Gasteiger partial charge in [-0.2, -0.15) is 0 Å². The lowest BCUT2D eigenvalue weighted by Gasteiger charge is -2.39. The van der Waals surface area contributed by atoms with Crippen LogP contribution in [0.3, 0.4) is 0 Å². The van der Waals surface area contributed by atoms with Gasteiger partial charge in [0.15, 0.2) is 8.24 Å². The number of halogens is 1. The Morgan fingerprint density at radius 2 is 1.63 bits per heavy atom. The van der Waals surface area contributed by atoms with Crippen LogP contribution in [0, 0.1) is 0 Å². The molecule has 0 fully saturated rings. The van der Waals surface area contributed by atoms with Gasteiger partial charge >= 0.3 is 7.12 Å². The zero-order chi connectivity index (χ0) is 21.0. The van der Waals surface area contributed by atoms with Gasteiger partial charge in [0.2, 0.25) is 0 Å². The first kappa shape index (κ1) is 22.5. The number of hydrogen-bond donors (Lipinski definition) is 2. The second-order valence-corrected chi connectivity index (χ2v) is 15.5. The van der Waals surface area contributed by atoms with E-state index in [9.17, 15) is 10.1 Å². The van der Waals surface area contributed by atoms with Gasteiger partial charge < -0.3 is 19.0 Å². The Labute approximate surface area is 169 Å². The van der Waals surface area contributed by atoms with Gasteiger partial charge in [-0.1, -0.05) is 45.5 Å². The van der Waals surface area contributed by atoms with E-state index in [4.69, 9.17) is 16.3 Å². The Bertz CT molecular complexity index is 834. The normalized spacial score (nSPS) is 14.1. The second-order valence-electron chi connectivity index (χ2n) is 9.97. The monoisotopic (exact) mass is 409 g/mol. The minimum Gasteiger partial charge on any atom is -0.423 e. The average Bonchev–Trinajstić information content (AvgIpc) is 2.89. The first-order valence-corrected chi connectivity index (χ1v) is 12.7. The van der Waals surface area contributed by atoms with E-state index in [-0.39, 0.29) is 5.04 Å². The molecule has 0 amide bonds. The maximum Gasteiger partial charge on any atom is 0.491 e. The van der Waals surface area contributed by atoms with Crippen LogP contribution in [0.1, 0.15) is 48.5 Å². The summed E-state index contributed by atoms with van der Waals surface area (Å²) in [7, 11) is -3.04. The smallest absolute Gasteiger partial charge is 0.423 e. The highest BCUT2D eigenvalue weighted by Gasteiger charge is 2.41. The van der Waals surface area contributed by atoms with Crippen LogP contribution >= 0.6 is 11.6 Å². The van der Waals surface area contributed by atoms with Gasteiger partial charge in [-0.15, -0.1) is 0 Å². The summed E-state index contributed by atoms with van der Waals surface area (Å²) in [6.07, 6.45) is 2.10. The molecule has 0 aliphatic rings. The number of aromatic nitrogens is 1. The third kappa shape index (κ3) is 4.15. The fourth-order valence-corrected chi connectivity index (χ4v) is 4.94. The first-order valence-electron chi connectivity index (χ1n) is 9.38. The van der Waals surface area contributed by atoms with Crippen LogP contribution in [-0.4, -0.2) is 40.9 Å². The largest absolute Gasteiger partial charge is 0.491 e. The van der Waals surface area contributed by atoms with Crippen molar-refractivity contribution in [2.24, 2.45) is 0 Å². The molecule has 4 nitrogen and oxygen atoms in total. The van der Waals surface area contributed by atoms with E-state index in [1.54, 1.807) is 33.8 Å². The van der Waals surface area contributed by atoms with Crippen LogP contribution in [0.5, 0.6) is 0 Å². The van der Waals surface area contributed by atoms with Crippen LogP contribution in [0.4, 0.5) is 0 Å². The highest BCUT2D eigenvalue weighted by molar-refractivity contribution is 6.79. The summed E-state index contributed by atoms with van der Waals surface area (Å²) in [5.41, 5.74) is -0.449. The van der Waals surface area contributed by atoms with Gasteiger partial charge in [0.05, 0.1) is 11.2 Å². The van der Waals surface area contributed by atoms with Crippen molar-refractivity contribution in [1.29, 1.82) is 0 Å². The van der Waals surface area contributed by atoms with Gasteiger partial charge in [-0.3, -0.25) is 0 Å². The van der Waals surface area contributed by atoms with Gasteiger partial charge in [0.25, 0.3) is 0 Å². The Kier molecular flexibility index (Phi) is 5.77. The van der Waals surface area contributed by atoms with Gasteiger partial charge in [-0.25, -0.2) is 0 Å². The Balaban J connectivity index is 2.54. The van der Waals surface area contributed by atoms with Crippen molar-refractivity contribution in [3.8, 4) is 0 Å². The molecule has 2 aromatic rings. The first-order chi connectivity index (χ1) is 12.0. The molecule has 0 radical (unpaired) electrons. The van der Waals surface area contributed by atoms with Gasteiger partial charge in [-0.05, 0) is 62.6 Å². The number of hydrogen-bond acceptors (Lipinski definition) is 3. The van der Waals surface area contributed by atoms with Crippen molar-refractivity contribution < 1.29 is 14.8 Å². The Morgan fingerprint density at radius 1 is 1.07 bits per heavy atom. The van der Waals surface area contributed by atoms with Crippen LogP contribution in [0.2, 0.25) is 23.2 Å². The van der Waals surface area contributed by atoms with Crippen LogP contribution in [0.15, 0.2) is 24.4 Å². The zero-order valence-corrected chi connectivity index (χ0v) is 19.8. The summed E-state index contributed by atoms with van der Waals surface area (Å²) in [6.45, 7) is 18.3. The molecular weight excluding hydrogens is 377 g/mol. The van der Waals surface area contributed by atoms with E-state index < -0.39 is 26.6 Å². The average molecular weight is 410 g/mol. The maximum atomic E-state index is 10.7. The van der Waals surface area contributed by atoms with Crippen LogP contribution < -0.4 is 5.46 Å². The van der Waals surface area contributed by atoms with E-state index >= 15 is 0 Å². The maximum absolute atomic E-state index is 10.7. The van der Waals surface area contributed by atoms with Gasteiger partial charge in [0, 0.05) is 15.9 Å². The lowest BCUT2D eigenvalue weighted by Crippen LogP contribution is -2.53. The van der Waals surface area contributed by atoms with E-state index in [0.717, 1.165) is 10.9 Å². The molecule has 0 atom stereocenters. The zero-order valence-electron chi connectivity index (χ0n) is 18.0. The number of nitrogens with zero attached hydrogens (tertiary/aromatic N) is 1. The Morgan fingerprint density at radius 3 is 2.11 bits per heavy atom. The molecule has 150 valence electrons. The van der Waals surface area contributed by atoms with E-state index in [2.05, 4.69) is 44.3 Å². The third-order valence-corrected chi connectivity index (χ3v) is 12.0. The molecule has 2 rings (SSSR count). The summed E-state index contributed by atoms with van der Waals surface area (Å²) < 4.78 is 8.15. The quantitative estimate of drug-likeness (QED) is 0.719. The molecule has 27 heavy (non-hydrogen) atoms. The fraction of sp³-hybridized carbons (Fsp3) is 0.600. The molecule has 0 bridgehead atoms. The van der Waals surface area contributed by atoms with Crippen molar-refractivity contribution in [2.45, 2.75) is 77.8 Å². The molecule has 0 saturated heterocycles. The predicted octanol–water partition coefficient (Wildman–Crippen LogP) is 4.40. The molecule has 0 aliphatic carbocycles. The molecular formula is C20H33BClNO3Si. The summed E-state index contributed by atoms with van der Waals surface area (Å²) in [6, 6.07) is 5.73. The van der Waals surface area contributed by atoms with E-state index in [1.807, 2.05) is 12.1 Å². The van der Waals surface area contributed by atoms with Crippen LogP contribution in [0.25, 0.3) is 10.9 Å². The molecule has 2 N–H and O–H groups in total. The van der Waals surface area contributed by atoms with Crippen molar-refractivity contribution in [2.75, 3.05) is 0 Å². The number of aliphatic hydroxyl groups is 1. The topological polar surface area (TPSA) is 54.6 Å². The summed E-state index contributed by atoms with van der Waals surface area (Å²) in [5.74, 6) is 0. The highest BCUT2D eigenvalue weighted by Crippen LogP contribution is 2.39. The summed E-state index contributed by atoms with van der Waals surface area (Å²) in [5, 5.41) is 22.7. The van der Waals surface area contributed by atoms with E-state index in [1.165, 1.54) is 0 Å². The van der Waals surface area contributed by atoms with Crippen molar-refractivity contribution in [3.63, 3.8) is 0 Å². The standard InChI is InChI=1S/C20H33BClNO3Si/c1-18(2,3)27(8,9)23-11-10-15-16(22)12-14(13-17(15)23)21(25)26-20(6,7)19(4,5)24/h10-13,24-25H,1-9H3.